The number of hydrogen-bond donors (Lipinski definition) is 2. The summed E-state index contributed by atoms with van der Waals surface area (Å²) in [4.78, 5) is 24.0. The van der Waals surface area contributed by atoms with E-state index in [0.29, 0.717) is 11.6 Å². The van der Waals surface area contributed by atoms with Crippen molar-refractivity contribution < 1.29 is 28.2 Å². The fraction of sp³-hybridized carbons (Fsp3) is 0.667. The van der Waals surface area contributed by atoms with E-state index in [1.54, 1.807) is 6.07 Å². The van der Waals surface area contributed by atoms with Gasteiger partial charge >= 0.3 is 12.1 Å². The van der Waals surface area contributed by atoms with Crippen molar-refractivity contribution in [1.82, 2.24) is 5.32 Å². The number of rotatable bonds is 7. The maximum absolute atomic E-state index is 14.7. The monoisotopic (exact) mass is 452 g/mol. The zero-order valence-corrected chi connectivity index (χ0v) is 20.2. The van der Waals surface area contributed by atoms with Gasteiger partial charge in [0.25, 0.3) is 0 Å². The predicted octanol–water partition coefficient (Wildman–Crippen LogP) is 5.28. The number of nitrogens with one attached hydrogen (secondary N) is 2. The lowest BCUT2D eigenvalue weighted by molar-refractivity contribution is 0.0485. The third-order valence-corrected chi connectivity index (χ3v) is 5.40. The zero-order chi connectivity index (χ0) is 24.1. The van der Waals surface area contributed by atoms with Crippen molar-refractivity contribution >= 4 is 17.7 Å². The molecule has 1 aliphatic carbocycles. The van der Waals surface area contributed by atoms with Crippen LogP contribution in [-0.2, 0) is 9.47 Å². The average Bonchev–Trinajstić information content (AvgIpc) is 2.68. The van der Waals surface area contributed by atoms with Crippen LogP contribution in [0.3, 0.4) is 0 Å². The number of esters is 1. The van der Waals surface area contributed by atoms with Crippen molar-refractivity contribution in [2.45, 2.75) is 91.0 Å². The summed E-state index contributed by atoms with van der Waals surface area (Å²) in [6.07, 6.45) is 2.85. The molecule has 0 heterocycles. The van der Waals surface area contributed by atoms with Crippen LogP contribution >= 0.6 is 0 Å². The van der Waals surface area contributed by atoms with Gasteiger partial charge in [-0.1, -0.05) is 0 Å². The van der Waals surface area contributed by atoms with Gasteiger partial charge < -0.3 is 24.8 Å². The summed E-state index contributed by atoms with van der Waals surface area (Å²) in [5.41, 5.74) is 0.0328. The molecule has 2 rings (SSSR count). The number of halogens is 1. The molecule has 1 aromatic rings. The number of methoxy groups -OCH3 is 1. The van der Waals surface area contributed by atoms with Crippen LogP contribution in [0.5, 0.6) is 5.75 Å². The Kier molecular flexibility index (Phi) is 8.75. The molecular weight excluding hydrogens is 415 g/mol. The lowest BCUT2D eigenvalue weighted by Crippen LogP contribution is -2.42. The minimum Gasteiger partial charge on any atom is -0.486 e. The Hall–Kier alpha value is -2.51. The minimum absolute atomic E-state index is 0.0132. The van der Waals surface area contributed by atoms with Crippen molar-refractivity contribution in [3.63, 3.8) is 0 Å². The van der Waals surface area contributed by atoms with Crippen molar-refractivity contribution in [3.05, 3.63) is 23.5 Å². The lowest BCUT2D eigenvalue weighted by atomic mass is 9.82. The first-order valence-corrected chi connectivity index (χ1v) is 11.2. The number of alkyl carbamates (subject to hydrolysis) is 1. The summed E-state index contributed by atoms with van der Waals surface area (Å²) in [5, 5.41) is 6.29. The largest absolute Gasteiger partial charge is 0.486 e. The number of hydrogen-bond acceptors (Lipinski definition) is 6. The second kappa shape index (κ2) is 10.9. The topological polar surface area (TPSA) is 85.9 Å². The summed E-state index contributed by atoms with van der Waals surface area (Å²) >= 11 is 0. The van der Waals surface area contributed by atoms with Gasteiger partial charge in [-0.3, -0.25) is 0 Å². The van der Waals surface area contributed by atoms with E-state index in [-0.39, 0.29) is 29.5 Å². The number of carbonyl (C=O) groups is 2. The van der Waals surface area contributed by atoms with Gasteiger partial charge in [-0.05, 0) is 85.3 Å². The average molecular weight is 453 g/mol. The van der Waals surface area contributed by atoms with Gasteiger partial charge in [-0.15, -0.1) is 0 Å². The molecule has 1 atom stereocenters. The fourth-order valence-corrected chi connectivity index (χ4v) is 3.89. The first-order valence-electron chi connectivity index (χ1n) is 11.2. The molecule has 0 saturated heterocycles. The van der Waals surface area contributed by atoms with E-state index in [2.05, 4.69) is 10.6 Å². The maximum Gasteiger partial charge on any atom is 0.407 e. The molecule has 0 aromatic heterocycles. The Morgan fingerprint density at radius 1 is 1.09 bits per heavy atom. The molecule has 0 unspecified atom stereocenters. The van der Waals surface area contributed by atoms with E-state index in [1.807, 2.05) is 41.5 Å². The van der Waals surface area contributed by atoms with E-state index in [1.165, 1.54) is 7.11 Å². The molecule has 0 spiro atoms. The van der Waals surface area contributed by atoms with E-state index >= 15 is 0 Å². The van der Waals surface area contributed by atoms with Crippen LogP contribution in [0.25, 0.3) is 0 Å². The Bertz CT molecular complexity index is 798. The Morgan fingerprint density at radius 3 is 2.25 bits per heavy atom. The highest BCUT2D eigenvalue weighted by Crippen LogP contribution is 2.34. The second-order valence-electron chi connectivity index (χ2n) is 9.68. The van der Waals surface area contributed by atoms with E-state index < -0.39 is 23.5 Å². The summed E-state index contributed by atoms with van der Waals surface area (Å²) in [6.45, 7) is 11.2. The van der Waals surface area contributed by atoms with Crippen molar-refractivity contribution in [2.24, 2.45) is 5.92 Å². The van der Waals surface area contributed by atoms with Crippen LogP contribution in [0.2, 0.25) is 0 Å². The second-order valence-corrected chi connectivity index (χ2v) is 9.68. The summed E-state index contributed by atoms with van der Waals surface area (Å²) in [5.74, 6) is -0.797. The highest BCUT2D eigenvalue weighted by atomic mass is 19.1. The van der Waals surface area contributed by atoms with Crippen LogP contribution in [0.4, 0.5) is 14.9 Å². The molecule has 2 N–H and O–H groups in total. The van der Waals surface area contributed by atoms with Crippen LogP contribution in [0.1, 0.15) is 77.6 Å². The number of carbonyl (C=O) groups excluding carboxylic acids is 2. The molecule has 1 fully saturated rings. The molecule has 32 heavy (non-hydrogen) atoms. The van der Waals surface area contributed by atoms with Crippen molar-refractivity contribution in [2.75, 3.05) is 12.4 Å². The van der Waals surface area contributed by atoms with Gasteiger partial charge in [-0.25, -0.2) is 14.0 Å². The van der Waals surface area contributed by atoms with Crippen LogP contribution in [0.15, 0.2) is 12.1 Å². The van der Waals surface area contributed by atoms with Crippen LogP contribution < -0.4 is 15.4 Å². The molecule has 1 saturated carbocycles. The lowest BCUT2D eigenvalue weighted by Gasteiger charge is -2.34. The van der Waals surface area contributed by atoms with E-state index in [9.17, 15) is 14.0 Å². The molecule has 0 bridgehead atoms. The Balaban J connectivity index is 2.04. The smallest absolute Gasteiger partial charge is 0.407 e. The van der Waals surface area contributed by atoms with Crippen LogP contribution in [-0.4, -0.2) is 43.0 Å². The highest BCUT2D eigenvalue weighted by Gasteiger charge is 2.28. The first-order chi connectivity index (χ1) is 14.9. The molecule has 0 aliphatic heterocycles. The third-order valence-electron chi connectivity index (χ3n) is 5.40. The van der Waals surface area contributed by atoms with Gasteiger partial charge in [0.2, 0.25) is 0 Å². The van der Waals surface area contributed by atoms with Crippen molar-refractivity contribution in [3.8, 4) is 5.75 Å². The summed E-state index contributed by atoms with van der Waals surface area (Å²) < 4.78 is 30.5. The number of anilines is 1. The van der Waals surface area contributed by atoms with Gasteiger partial charge in [-0.2, -0.15) is 0 Å². The zero-order valence-electron chi connectivity index (χ0n) is 20.2. The molecule has 7 nitrogen and oxygen atoms in total. The normalized spacial score (nSPS) is 19.8. The third kappa shape index (κ3) is 7.57. The molecule has 8 heteroatoms. The Morgan fingerprint density at radius 2 is 1.72 bits per heavy atom. The van der Waals surface area contributed by atoms with Gasteiger partial charge in [0, 0.05) is 12.1 Å². The molecule has 180 valence electrons. The Labute approximate surface area is 190 Å². The molecule has 1 amide bonds. The quantitative estimate of drug-likeness (QED) is 0.547. The van der Waals surface area contributed by atoms with Crippen LogP contribution in [0, 0.1) is 11.7 Å². The SMILES string of the molecule is COC(=O)c1cc(F)c(OC(C)C)c(N[C@@H](C)C2CCC(NC(=O)OC(C)(C)C)CC2)c1. The van der Waals surface area contributed by atoms with E-state index in [4.69, 9.17) is 14.2 Å². The van der Waals surface area contributed by atoms with Gasteiger partial charge in [0.15, 0.2) is 11.6 Å². The van der Waals surface area contributed by atoms with Gasteiger partial charge in [0.05, 0.1) is 24.5 Å². The summed E-state index contributed by atoms with van der Waals surface area (Å²) in [7, 11) is 1.26. The number of benzene rings is 1. The predicted molar refractivity (Wildman–Crippen MR) is 122 cm³/mol. The highest BCUT2D eigenvalue weighted by molar-refractivity contribution is 5.91. The molecule has 0 radical (unpaired) electrons. The van der Waals surface area contributed by atoms with Crippen molar-refractivity contribution in [1.29, 1.82) is 0 Å². The number of amides is 1. The molecular formula is C24H37FN2O5. The fourth-order valence-electron chi connectivity index (χ4n) is 3.89. The standard InChI is InChI=1S/C24H37FN2O5/c1-14(2)31-21-19(25)12-17(22(28)30-7)13-20(21)26-15(3)16-8-10-18(11-9-16)27-23(29)32-24(4,5)6/h12-16,18,26H,8-11H2,1-7H3,(H,27,29)/t15-,16?,18?/m0/s1. The van der Waals surface area contributed by atoms with Gasteiger partial charge in [0.1, 0.15) is 5.60 Å². The molecule has 1 aliphatic rings. The maximum atomic E-state index is 14.7. The van der Waals surface area contributed by atoms with E-state index in [0.717, 1.165) is 31.7 Å². The minimum atomic E-state index is -0.610. The summed E-state index contributed by atoms with van der Waals surface area (Å²) in [6, 6.07) is 2.79. The number of ether oxygens (including phenoxy) is 3. The molecule has 1 aromatic carbocycles. The first kappa shape index (κ1) is 25.7.